The van der Waals surface area contributed by atoms with Gasteiger partial charge < -0.3 is 25.0 Å². The van der Waals surface area contributed by atoms with Gasteiger partial charge in [0.2, 0.25) is 0 Å². The number of carbonyl (C=O) groups excluding carboxylic acids is 1. The number of hydrogen-bond donors (Lipinski definition) is 1. The summed E-state index contributed by atoms with van der Waals surface area (Å²) >= 11 is 0. The van der Waals surface area contributed by atoms with Crippen LogP contribution in [0.2, 0.25) is 0 Å². The van der Waals surface area contributed by atoms with E-state index in [1.54, 1.807) is 12.0 Å². The Bertz CT molecular complexity index is 532. The summed E-state index contributed by atoms with van der Waals surface area (Å²) in [5, 5.41) is 0. The lowest BCUT2D eigenvalue weighted by Gasteiger charge is -2.36. The SMILES string of the molecule is COc1ccc(N2CCN(C(=O)OC(C)(C)C)CC2)cc1N. The fraction of sp³-hybridized carbons (Fsp3) is 0.562. The summed E-state index contributed by atoms with van der Waals surface area (Å²) in [6.45, 7) is 8.42. The van der Waals surface area contributed by atoms with E-state index in [0.717, 1.165) is 18.8 Å². The lowest BCUT2D eigenvalue weighted by Crippen LogP contribution is -2.50. The van der Waals surface area contributed by atoms with Crippen LogP contribution in [0.4, 0.5) is 16.2 Å². The Hall–Kier alpha value is -2.11. The summed E-state index contributed by atoms with van der Waals surface area (Å²) in [6.07, 6.45) is -0.249. The Morgan fingerprint density at radius 1 is 1.18 bits per heavy atom. The average molecular weight is 307 g/mol. The predicted molar refractivity (Wildman–Crippen MR) is 87.4 cm³/mol. The van der Waals surface area contributed by atoms with E-state index >= 15 is 0 Å². The molecule has 6 nitrogen and oxygen atoms in total. The molecule has 2 rings (SSSR count). The number of anilines is 2. The Morgan fingerprint density at radius 3 is 2.32 bits per heavy atom. The number of ether oxygens (including phenoxy) is 2. The molecule has 0 atom stereocenters. The van der Waals surface area contributed by atoms with Gasteiger partial charge in [-0.15, -0.1) is 0 Å². The normalized spacial score (nSPS) is 15.6. The van der Waals surface area contributed by atoms with E-state index in [1.165, 1.54) is 0 Å². The van der Waals surface area contributed by atoms with Crippen LogP contribution >= 0.6 is 0 Å². The maximum absolute atomic E-state index is 12.0. The van der Waals surface area contributed by atoms with Crippen molar-refractivity contribution in [3.8, 4) is 5.75 Å². The minimum atomic E-state index is -0.460. The van der Waals surface area contributed by atoms with E-state index in [9.17, 15) is 4.79 Å². The molecule has 1 aliphatic heterocycles. The van der Waals surface area contributed by atoms with Gasteiger partial charge in [-0.2, -0.15) is 0 Å². The van der Waals surface area contributed by atoms with Gasteiger partial charge in [0, 0.05) is 31.9 Å². The molecule has 1 aromatic carbocycles. The van der Waals surface area contributed by atoms with E-state index in [2.05, 4.69) is 4.90 Å². The maximum atomic E-state index is 12.0. The summed E-state index contributed by atoms with van der Waals surface area (Å²) in [5.74, 6) is 0.677. The molecule has 1 fully saturated rings. The number of piperazine rings is 1. The van der Waals surface area contributed by atoms with Crippen LogP contribution in [-0.2, 0) is 4.74 Å². The molecule has 0 aromatic heterocycles. The second kappa shape index (κ2) is 6.34. The second-order valence-corrected chi connectivity index (χ2v) is 6.38. The zero-order chi connectivity index (χ0) is 16.3. The number of rotatable bonds is 2. The first kappa shape index (κ1) is 16.3. The third-order valence-corrected chi connectivity index (χ3v) is 3.51. The van der Waals surface area contributed by atoms with Crippen LogP contribution in [0.25, 0.3) is 0 Å². The topological polar surface area (TPSA) is 68.0 Å². The van der Waals surface area contributed by atoms with Gasteiger partial charge in [-0.25, -0.2) is 4.79 Å². The van der Waals surface area contributed by atoms with Crippen molar-refractivity contribution in [1.82, 2.24) is 4.90 Å². The first-order valence-electron chi connectivity index (χ1n) is 7.46. The summed E-state index contributed by atoms with van der Waals surface area (Å²) in [7, 11) is 1.60. The fourth-order valence-corrected chi connectivity index (χ4v) is 2.39. The lowest BCUT2D eigenvalue weighted by molar-refractivity contribution is 0.0240. The fourth-order valence-electron chi connectivity index (χ4n) is 2.39. The molecule has 1 saturated heterocycles. The number of amides is 1. The molecular formula is C16H25N3O3. The second-order valence-electron chi connectivity index (χ2n) is 6.38. The van der Waals surface area contributed by atoms with Crippen molar-refractivity contribution < 1.29 is 14.3 Å². The van der Waals surface area contributed by atoms with Gasteiger partial charge in [0.1, 0.15) is 11.4 Å². The highest BCUT2D eigenvalue weighted by atomic mass is 16.6. The molecule has 0 spiro atoms. The third kappa shape index (κ3) is 3.96. The van der Waals surface area contributed by atoms with Gasteiger partial charge >= 0.3 is 6.09 Å². The Kier molecular flexibility index (Phi) is 4.68. The van der Waals surface area contributed by atoms with Crippen molar-refractivity contribution >= 4 is 17.5 Å². The molecule has 22 heavy (non-hydrogen) atoms. The van der Waals surface area contributed by atoms with Crippen molar-refractivity contribution in [2.45, 2.75) is 26.4 Å². The molecule has 2 N–H and O–H groups in total. The summed E-state index contributed by atoms with van der Waals surface area (Å²) in [6, 6.07) is 5.76. The standard InChI is InChI=1S/C16H25N3O3/c1-16(2,3)22-15(20)19-9-7-18(8-10-19)12-5-6-14(21-4)13(17)11-12/h5-6,11H,7-10,17H2,1-4H3. The average Bonchev–Trinajstić information content (AvgIpc) is 2.45. The number of nitrogens with two attached hydrogens (primary N) is 1. The number of benzene rings is 1. The lowest BCUT2D eigenvalue weighted by atomic mass is 10.2. The molecule has 1 aliphatic rings. The molecule has 0 bridgehead atoms. The van der Waals surface area contributed by atoms with E-state index in [0.29, 0.717) is 24.5 Å². The van der Waals surface area contributed by atoms with E-state index in [1.807, 2.05) is 39.0 Å². The van der Waals surface area contributed by atoms with Crippen molar-refractivity contribution in [3.05, 3.63) is 18.2 Å². The Morgan fingerprint density at radius 2 is 1.82 bits per heavy atom. The highest BCUT2D eigenvalue weighted by Crippen LogP contribution is 2.27. The molecular weight excluding hydrogens is 282 g/mol. The van der Waals surface area contributed by atoms with E-state index < -0.39 is 5.60 Å². The number of nitrogen functional groups attached to an aromatic ring is 1. The number of hydrogen-bond acceptors (Lipinski definition) is 5. The molecule has 0 aliphatic carbocycles. The van der Waals surface area contributed by atoms with Gasteiger partial charge in [-0.05, 0) is 39.0 Å². The molecule has 1 heterocycles. The van der Waals surface area contributed by atoms with Crippen LogP contribution in [0.15, 0.2) is 18.2 Å². The summed E-state index contributed by atoms with van der Waals surface area (Å²) < 4.78 is 10.6. The quantitative estimate of drug-likeness (QED) is 0.849. The van der Waals surface area contributed by atoms with Crippen LogP contribution in [-0.4, -0.2) is 49.9 Å². The smallest absolute Gasteiger partial charge is 0.410 e. The van der Waals surface area contributed by atoms with Crippen LogP contribution < -0.4 is 15.4 Å². The van der Waals surface area contributed by atoms with E-state index in [-0.39, 0.29) is 6.09 Å². The maximum Gasteiger partial charge on any atom is 0.410 e. The van der Waals surface area contributed by atoms with Crippen molar-refractivity contribution in [2.24, 2.45) is 0 Å². The minimum absolute atomic E-state index is 0.249. The zero-order valence-electron chi connectivity index (χ0n) is 13.8. The summed E-state index contributed by atoms with van der Waals surface area (Å²) in [5.41, 5.74) is 7.15. The highest BCUT2D eigenvalue weighted by molar-refractivity contribution is 5.69. The van der Waals surface area contributed by atoms with Crippen LogP contribution in [0.3, 0.4) is 0 Å². The van der Waals surface area contributed by atoms with E-state index in [4.69, 9.17) is 15.2 Å². The van der Waals surface area contributed by atoms with Crippen LogP contribution in [0.5, 0.6) is 5.75 Å². The van der Waals surface area contributed by atoms with Crippen molar-refractivity contribution in [3.63, 3.8) is 0 Å². The molecule has 6 heteroatoms. The monoisotopic (exact) mass is 307 g/mol. The zero-order valence-corrected chi connectivity index (χ0v) is 13.8. The van der Waals surface area contributed by atoms with Crippen molar-refractivity contribution in [2.75, 3.05) is 43.9 Å². The molecule has 0 unspecified atom stereocenters. The van der Waals surface area contributed by atoms with Gasteiger partial charge in [-0.1, -0.05) is 0 Å². The third-order valence-electron chi connectivity index (χ3n) is 3.51. The van der Waals surface area contributed by atoms with Crippen LogP contribution in [0, 0.1) is 0 Å². The Balaban J connectivity index is 1.94. The predicted octanol–water partition coefficient (Wildman–Crippen LogP) is 2.33. The first-order valence-corrected chi connectivity index (χ1v) is 7.46. The van der Waals surface area contributed by atoms with Gasteiger partial charge in [0.15, 0.2) is 0 Å². The van der Waals surface area contributed by atoms with Gasteiger partial charge in [0.05, 0.1) is 12.8 Å². The Labute approximate surface area is 131 Å². The largest absolute Gasteiger partial charge is 0.495 e. The summed E-state index contributed by atoms with van der Waals surface area (Å²) in [4.78, 5) is 16.0. The number of nitrogens with zero attached hydrogens (tertiary/aromatic N) is 2. The van der Waals surface area contributed by atoms with Crippen molar-refractivity contribution in [1.29, 1.82) is 0 Å². The molecule has 1 amide bonds. The number of methoxy groups -OCH3 is 1. The molecule has 122 valence electrons. The number of carbonyl (C=O) groups is 1. The molecule has 0 radical (unpaired) electrons. The first-order chi connectivity index (χ1) is 10.3. The van der Waals surface area contributed by atoms with Crippen LogP contribution in [0.1, 0.15) is 20.8 Å². The molecule has 1 aromatic rings. The van der Waals surface area contributed by atoms with Gasteiger partial charge in [-0.3, -0.25) is 0 Å². The minimum Gasteiger partial charge on any atom is -0.495 e. The highest BCUT2D eigenvalue weighted by Gasteiger charge is 2.26. The van der Waals surface area contributed by atoms with Gasteiger partial charge in [0.25, 0.3) is 0 Å². The molecule has 0 saturated carbocycles.